The van der Waals surface area contributed by atoms with E-state index in [1.165, 1.54) is 5.57 Å². The molecule has 5 nitrogen and oxygen atoms in total. The molecule has 0 bridgehead atoms. The van der Waals surface area contributed by atoms with Crippen LogP contribution in [0.3, 0.4) is 0 Å². The number of allylic oxidation sites excluding steroid dienone is 2. The highest BCUT2D eigenvalue weighted by Gasteiger charge is 2.70. The van der Waals surface area contributed by atoms with Crippen LogP contribution in [0.25, 0.3) is 0 Å². The van der Waals surface area contributed by atoms with E-state index in [0.29, 0.717) is 24.2 Å². The van der Waals surface area contributed by atoms with Gasteiger partial charge in [-0.2, -0.15) is 0 Å². The maximum absolute atomic E-state index is 13.4. The lowest BCUT2D eigenvalue weighted by Gasteiger charge is -2.71. The summed E-state index contributed by atoms with van der Waals surface area (Å²) in [6.07, 6.45) is 8.18. The average Bonchev–Trinajstić information content (AvgIpc) is 2.84. The van der Waals surface area contributed by atoms with Gasteiger partial charge in [-0.3, -0.25) is 4.79 Å². The molecule has 0 amide bonds. The minimum absolute atomic E-state index is 0.0137. The fraction of sp³-hybridized carbons (Fsp3) is 0.903. The summed E-state index contributed by atoms with van der Waals surface area (Å²) in [4.78, 5) is 13.4. The van der Waals surface area contributed by atoms with Crippen molar-refractivity contribution >= 4 is 5.97 Å². The fourth-order valence-corrected chi connectivity index (χ4v) is 11.2. The van der Waals surface area contributed by atoms with Gasteiger partial charge in [0, 0.05) is 5.41 Å². The van der Waals surface area contributed by atoms with Gasteiger partial charge in [0.2, 0.25) is 0 Å². The first-order valence-corrected chi connectivity index (χ1v) is 14.5. The molecule has 4 saturated carbocycles. The van der Waals surface area contributed by atoms with Crippen LogP contribution in [0.1, 0.15) is 92.9 Å². The van der Waals surface area contributed by atoms with Gasteiger partial charge in [-0.05, 0) is 97.2 Å². The molecule has 5 heteroatoms. The van der Waals surface area contributed by atoms with E-state index < -0.39 is 23.0 Å². The monoisotopic (exact) mass is 502 g/mol. The molecule has 5 aliphatic rings. The van der Waals surface area contributed by atoms with Gasteiger partial charge in [0.1, 0.15) is 0 Å². The molecule has 0 aliphatic heterocycles. The molecule has 0 radical (unpaired) electrons. The molecule has 0 aromatic heterocycles. The highest BCUT2D eigenvalue weighted by molar-refractivity contribution is 5.78. The number of carbonyl (C=O) groups is 1. The summed E-state index contributed by atoms with van der Waals surface area (Å²) in [5.74, 6) is 1.73. The second kappa shape index (κ2) is 8.29. The number of methoxy groups -OCH3 is 1. The van der Waals surface area contributed by atoms with E-state index in [0.717, 1.165) is 44.9 Å². The van der Waals surface area contributed by atoms with Gasteiger partial charge in [-0.25, -0.2) is 0 Å². The predicted octanol–water partition coefficient (Wildman–Crippen LogP) is 5.12. The van der Waals surface area contributed by atoms with Crippen LogP contribution in [0.4, 0.5) is 0 Å². The predicted molar refractivity (Wildman–Crippen MR) is 140 cm³/mol. The smallest absolute Gasteiger partial charge is 0.312 e. The van der Waals surface area contributed by atoms with E-state index in [4.69, 9.17) is 4.74 Å². The number of aliphatic hydroxyl groups excluding tert-OH is 3. The van der Waals surface area contributed by atoms with Gasteiger partial charge in [0.15, 0.2) is 0 Å². The third-order valence-electron chi connectivity index (χ3n) is 13.7. The maximum Gasteiger partial charge on any atom is 0.312 e. The van der Waals surface area contributed by atoms with Crippen LogP contribution >= 0.6 is 0 Å². The van der Waals surface area contributed by atoms with Gasteiger partial charge < -0.3 is 20.1 Å². The molecular formula is C31H50O5. The molecule has 12 atom stereocenters. The van der Waals surface area contributed by atoms with E-state index in [1.807, 2.05) is 6.92 Å². The second-order valence-corrected chi connectivity index (χ2v) is 14.7. The molecule has 4 fully saturated rings. The van der Waals surface area contributed by atoms with Crippen molar-refractivity contribution in [3.05, 3.63) is 11.6 Å². The minimum Gasteiger partial charge on any atom is -0.469 e. The minimum atomic E-state index is -0.893. The Labute approximate surface area is 218 Å². The molecule has 3 N–H and O–H groups in total. The van der Waals surface area contributed by atoms with Crippen molar-refractivity contribution in [3.8, 4) is 0 Å². The van der Waals surface area contributed by atoms with E-state index in [1.54, 1.807) is 7.11 Å². The molecule has 0 spiro atoms. The second-order valence-electron chi connectivity index (χ2n) is 14.7. The molecule has 0 heterocycles. The summed E-state index contributed by atoms with van der Waals surface area (Å²) in [6, 6.07) is 0. The third kappa shape index (κ3) is 3.03. The summed E-state index contributed by atoms with van der Waals surface area (Å²) < 4.78 is 5.48. The van der Waals surface area contributed by atoms with E-state index in [9.17, 15) is 20.1 Å². The molecule has 5 aliphatic carbocycles. The maximum atomic E-state index is 13.4. The van der Waals surface area contributed by atoms with E-state index >= 15 is 0 Å². The zero-order valence-corrected chi connectivity index (χ0v) is 23.6. The molecular weight excluding hydrogens is 452 g/mol. The quantitative estimate of drug-likeness (QED) is 0.360. The van der Waals surface area contributed by atoms with Crippen LogP contribution in [-0.2, 0) is 9.53 Å². The van der Waals surface area contributed by atoms with Gasteiger partial charge in [-0.15, -0.1) is 0 Å². The summed E-state index contributed by atoms with van der Waals surface area (Å²) >= 11 is 0. The molecule has 204 valence electrons. The van der Waals surface area contributed by atoms with Crippen molar-refractivity contribution in [1.29, 1.82) is 0 Å². The van der Waals surface area contributed by atoms with Crippen molar-refractivity contribution in [2.75, 3.05) is 13.7 Å². The van der Waals surface area contributed by atoms with E-state index in [2.05, 4.69) is 40.7 Å². The fourth-order valence-electron chi connectivity index (χ4n) is 11.2. The summed E-state index contributed by atoms with van der Waals surface area (Å²) in [6.45, 7) is 13.9. The number of hydrogen-bond acceptors (Lipinski definition) is 5. The van der Waals surface area contributed by atoms with Crippen LogP contribution in [0, 0.1) is 56.7 Å². The summed E-state index contributed by atoms with van der Waals surface area (Å²) in [5, 5.41) is 32.5. The highest BCUT2D eigenvalue weighted by atomic mass is 16.5. The number of aliphatic hydroxyl groups is 3. The average molecular weight is 503 g/mol. The Balaban J connectivity index is 1.62. The molecule has 0 saturated heterocycles. The van der Waals surface area contributed by atoms with Crippen LogP contribution in [0.2, 0.25) is 0 Å². The Morgan fingerprint density at radius 3 is 2.36 bits per heavy atom. The Hall–Kier alpha value is -0.910. The zero-order valence-electron chi connectivity index (χ0n) is 23.6. The first-order chi connectivity index (χ1) is 16.8. The van der Waals surface area contributed by atoms with Gasteiger partial charge in [0.25, 0.3) is 0 Å². The number of fused-ring (bicyclic) bond motifs is 7. The topological polar surface area (TPSA) is 87.0 Å². The lowest BCUT2D eigenvalue weighted by molar-refractivity contribution is -0.244. The van der Waals surface area contributed by atoms with Crippen molar-refractivity contribution in [2.45, 2.75) is 105 Å². The number of hydrogen-bond donors (Lipinski definition) is 3. The first kappa shape index (κ1) is 26.7. The Kier molecular flexibility index (Phi) is 6.15. The molecule has 0 aromatic carbocycles. The highest BCUT2D eigenvalue weighted by Crippen LogP contribution is 2.75. The zero-order chi connectivity index (χ0) is 26.5. The van der Waals surface area contributed by atoms with E-state index in [-0.39, 0.29) is 40.7 Å². The van der Waals surface area contributed by atoms with Crippen molar-refractivity contribution in [1.82, 2.24) is 0 Å². The van der Waals surface area contributed by atoms with Crippen LogP contribution in [0.15, 0.2) is 11.6 Å². The van der Waals surface area contributed by atoms with Crippen molar-refractivity contribution < 1.29 is 24.9 Å². The molecule has 5 rings (SSSR count). The largest absolute Gasteiger partial charge is 0.469 e. The summed E-state index contributed by atoms with van der Waals surface area (Å²) in [5.41, 5.74) is 0.240. The normalized spacial score (nSPS) is 56.4. The van der Waals surface area contributed by atoms with Gasteiger partial charge in [0.05, 0.1) is 31.3 Å². The van der Waals surface area contributed by atoms with Crippen LogP contribution in [-0.4, -0.2) is 47.2 Å². The first-order valence-electron chi connectivity index (χ1n) is 14.5. The molecule has 2 unspecified atom stereocenters. The van der Waals surface area contributed by atoms with Crippen LogP contribution < -0.4 is 0 Å². The van der Waals surface area contributed by atoms with Gasteiger partial charge in [-0.1, -0.05) is 53.2 Å². The van der Waals surface area contributed by atoms with Crippen LogP contribution in [0.5, 0.6) is 0 Å². The number of ether oxygens (including phenoxy) is 1. The Morgan fingerprint density at radius 2 is 1.72 bits per heavy atom. The lowest BCUT2D eigenvalue weighted by atomic mass is 9.33. The standard InChI is InChI=1S/C31H50O5/c1-18-10-13-31(26(35)36-7)15-14-29(5)20(24(31)19(18)2)8-9-23-27(3)16-21(33)25(34)28(4,17-32)22(27)11-12-30(23,29)6/h8,18-19,21-25,32-34H,9-17H2,1-7H3/t18-,19+,21?,22-,23-,24+,25?,27+,28+,29-,30-,31+/m1/s1. The molecule has 0 aromatic rings. The SMILES string of the molecule is COC(=O)[C@]12CC[C@@H](C)[C@H](C)[C@H]1C1=CC[C@@H]3[C@@]4(C)CC(O)C(O)[C@@](C)(CO)[C@@H]4CC[C@@]3(C)[C@]1(C)CC2. The van der Waals surface area contributed by atoms with Crippen molar-refractivity contribution in [2.24, 2.45) is 56.7 Å². The third-order valence-corrected chi connectivity index (χ3v) is 13.7. The summed E-state index contributed by atoms with van der Waals surface area (Å²) in [7, 11) is 1.56. The number of esters is 1. The van der Waals surface area contributed by atoms with Gasteiger partial charge >= 0.3 is 5.97 Å². The Morgan fingerprint density at radius 1 is 1.03 bits per heavy atom. The molecule has 36 heavy (non-hydrogen) atoms. The number of rotatable bonds is 2. The lowest BCUT2D eigenvalue weighted by Crippen LogP contribution is -2.68. The Bertz CT molecular complexity index is 945. The number of carbonyl (C=O) groups excluding carboxylic acids is 1. The van der Waals surface area contributed by atoms with Crippen molar-refractivity contribution in [3.63, 3.8) is 0 Å².